The van der Waals surface area contributed by atoms with Crippen molar-refractivity contribution in [1.29, 1.82) is 0 Å². The third kappa shape index (κ3) is 3.67. The highest BCUT2D eigenvalue weighted by Gasteiger charge is 2.25. The van der Waals surface area contributed by atoms with Gasteiger partial charge < -0.3 is 13.8 Å². The summed E-state index contributed by atoms with van der Waals surface area (Å²) >= 11 is 0. The fraction of sp³-hybridized carbons (Fsp3) is 1.00. The average Bonchev–Trinajstić information content (AvgIpc) is 2.05. The van der Waals surface area contributed by atoms with Gasteiger partial charge in [0.2, 0.25) is 0 Å². The molecule has 0 spiro atoms. The average molecular weight is 191 g/mol. The van der Waals surface area contributed by atoms with Crippen molar-refractivity contribution in [3.05, 3.63) is 0 Å². The van der Waals surface area contributed by atoms with E-state index < -0.39 is 9.28 Å². The number of rotatable bonds is 6. The van der Waals surface area contributed by atoms with Gasteiger partial charge in [0.15, 0.2) is 0 Å². The second-order valence-electron chi connectivity index (χ2n) is 3.16. The molecule has 0 bridgehead atoms. The molecule has 0 aliphatic carbocycles. The first kappa shape index (κ1) is 12.1. The Morgan fingerprint density at radius 3 is 2.00 bits per heavy atom. The van der Waals surface area contributed by atoms with Gasteiger partial charge in [0.25, 0.3) is 0 Å². The standard InChI is InChI=1S/C8H21NO2Si/c1-6-7-8(9(2)3)12(10-4)11-5/h8,12H,6-7H2,1-5H3. The fourth-order valence-corrected chi connectivity index (χ4v) is 3.26. The van der Waals surface area contributed by atoms with Crippen LogP contribution in [-0.4, -0.2) is 48.2 Å². The molecule has 1 atom stereocenters. The largest absolute Gasteiger partial charge is 0.399 e. The van der Waals surface area contributed by atoms with E-state index in [2.05, 4.69) is 25.9 Å². The Labute approximate surface area is 77.5 Å². The first-order chi connectivity index (χ1) is 5.67. The molecule has 0 N–H and O–H groups in total. The van der Waals surface area contributed by atoms with Crippen LogP contribution in [0, 0.1) is 0 Å². The third-order valence-electron chi connectivity index (χ3n) is 2.03. The van der Waals surface area contributed by atoms with Crippen molar-refractivity contribution in [3.8, 4) is 0 Å². The van der Waals surface area contributed by atoms with Crippen LogP contribution in [0.2, 0.25) is 0 Å². The lowest BCUT2D eigenvalue weighted by molar-refractivity contribution is 0.216. The van der Waals surface area contributed by atoms with Crippen molar-refractivity contribution in [3.63, 3.8) is 0 Å². The van der Waals surface area contributed by atoms with Crippen LogP contribution in [-0.2, 0) is 8.85 Å². The van der Waals surface area contributed by atoms with Gasteiger partial charge in [0.05, 0.1) is 0 Å². The minimum atomic E-state index is -1.46. The van der Waals surface area contributed by atoms with E-state index >= 15 is 0 Å². The van der Waals surface area contributed by atoms with Crippen molar-refractivity contribution in [2.45, 2.75) is 25.4 Å². The van der Waals surface area contributed by atoms with Gasteiger partial charge in [-0.3, -0.25) is 0 Å². The topological polar surface area (TPSA) is 21.7 Å². The number of hydrogen-bond acceptors (Lipinski definition) is 3. The predicted molar refractivity (Wildman–Crippen MR) is 53.6 cm³/mol. The summed E-state index contributed by atoms with van der Waals surface area (Å²) < 4.78 is 10.7. The molecule has 0 saturated carbocycles. The summed E-state index contributed by atoms with van der Waals surface area (Å²) in [6, 6.07) is 0. The SMILES string of the molecule is CCCC(N(C)C)[SiH](OC)OC. The van der Waals surface area contributed by atoms with E-state index in [0.29, 0.717) is 5.67 Å². The molecule has 1 unspecified atom stereocenters. The summed E-state index contributed by atoms with van der Waals surface area (Å²) in [5, 5.41) is 0. The van der Waals surface area contributed by atoms with Gasteiger partial charge in [0.1, 0.15) is 0 Å². The zero-order valence-electron chi connectivity index (χ0n) is 8.83. The zero-order valence-corrected chi connectivity index (χ0v) is 9.99. The molecule has 0 saturated heterocycles. The zero-order chi connectivity index (χ0) is 9.56. The summed E-state index contributed by atoms with van der Waals surface area (Å²) in [5.41, 5.74) is 0.491. The van der Waals surface area contributed by atoms with Gasteiger partial charge in [-0.05, 0) is 20.5 Å². The summed E-state index contributed by atoms with van der Waals surface area (Å²) in [4.78, 5) is 2.20. The van der Waals surface area contributed by atoms with Gasteiger partial charge in [0, 0.05) is 19.9 Å². The Morgan fingerprint density at radius 1 is 1.25 bits per heavy atom. The number of hydrogen-bond donors (Lipinski definition) is 0. The van der Waals surface area contributed by atoms with Crippen molar-refractivity contribution in [2.75, 3.05) is 28.3 Å². The van der Waals surface area contributed by atoms with Gasteiger partial charge >= 0.3 is 9.28 Å². The van der Waals surface area contributed by atoms with Crippen LogP contribution in [0.1, 0.15) is 19.8 Å². The Morgan fingerprint density at radius 2 is 1.75 bits per heavy atom. The molecule has 0 rings (SSSR count). The Hall–Kier alpha value is 0.0969. The number of nitrogens with zero attached hydrogens (tertiary/aromatic N) is 1. The van der Waals surface area contributed by atoms with Crippen LogP contribution in [0.4, 0.5) is 0 Å². The van der Waals surface area contributed by atoms with Crippen molar-refractivity contribution in [1.82, 2.24) is 4.90 Å². The summed E-state index contributed by atoms with van der Waals surface area (Å²) in [6.45, 7) is 2.19. The molecular weight excluding hydrogens is 170 g/mol. The van der Waals surface area contributed by atoms with Crippen LogP contribution >= 0.6 is 0 Å². The summed E-state index contributed by atoms with van der Waals surface area (Å²) in [6.07, 6.45) is 2.34. The second-order valence-corrected chi connectivity index (χ2v) is 5.61. The van der Waals surface area contributed by atoms with Crippen LogP contribution in [0.25, 0.3) is 0 Å². The first-order valence-corrected chi connectivity index (χ1v) is 6.00. The third-order valence-corrected chi connectivity index (χ3v) is 4.51. The first-order valence-electron chi connectivity index (χ1n) is 4.39. The van der Waals surface area contributed by atoms with Crippen LogP contribution in [0.15, 0.2) is 0 Å². The molecular formula is C8H21NO2Si. The lowest BCUT2D eigenvalue weighted by Crippen LogP contribution is -2.45. The van der Waals surface area contributed by atoms with E-state index in [0.717, 1.165) is 6.42 Å². The van der Waals surface area contributed by atoms with E-state index in [4.69, 9.17) is 8.85 Å². The molecule has 0 aromatic heterocycles. The van der Waals surface area contributed by atoms with Gasteiger partial charge in [-0.1, -0.05) is 13.3 Å². The van der Waals surface area contributed by atoms with Crippen LogP contribution in [0.3, 0.4) is 0 Å². The van der Waals surface area contributed by atoms with Crippen molar-refractivity contribution in [2.24, 2.45) is 0 Å². The van der Waals surface area contributed by atoms with Gasteiger partial charge in [-0.2, -0.15) is 0 Å². The molecule has 4 heteroatoms. The molecule has 0 aliphatic heterocycles. The normalized spacial score (nSPS) is 14.2. The lowest BCUT2D eigenvalue weighted by Gasteiger charge is -2.28. The van der Waals surface area contributed by atoms with E-state index in [-0.39, 0.29) is 0 Å². The van der Waals surface area contributed by atoms with E-state index in [1.54, 1.807) is 14.2 Å². The molecule has 12 heavy (non-hydrogen) atoms. The molecule has 0 aliphatic rings. The summed E-state index contributed by atoms with van der Waals surface area (Å²) in [5.74, 6) is 0. The van der Waals surface area contributed by atoms with Gasteiger partial charge in [-0.15, -0.1) is 0 Å². The smallest absolute Gasteiger partial charge is 0.338 e. The Bertz CT molecular complexity index is 107. The highest BCUT2D eigenvalue weighted by atomic mass is 28.3. The molecule has 0 aromatic rings. The quantitative estimate of drug-likeness (QED) is 0.579. The van der Waals surface area contributed by atoms with E-state index in [1.165, 1.54) is 6.42 Å². The monoisotopic (exact) mass is 191 g/mol. The highest BCUT2D eigenvalue weighted by molar-refractivity contribution is 6.46. The fourth-order valence-electron chi connectivity index (χ4n) is 1.34. The van der Waals surface area contributed by atoms with Gasteiger partial charge in [-0.25, -0.2) is 0 Å². The Kier molecular flexibility index (Phi) is 6.65. The van der Waals surface area contributed by atoms with Crippen molar-refractivity contribution < 1.29 is 8.85 Å². The Balaban J connectivity index is 4.05. The lowest BCUT2D eigenvalue weighted by atomic mass is 10.3. The molecule has 0 aromatic carbocycles. The minimum absolute atomic E-state index is 0.491. The molecule has 0 heterocycles. The predicted octanol–water partition coefficient (Wildman–Crippen LogP) is 0.769. The maximum atomic E-state index is 5.35. The van der Waals surface area contributed by atoms with Crippen LogP contribution in [0.5, 0.6) is 0 Å². The molecule has 3 nitrogen and oxygen atoms in total. The minimum Gasteiger partial charge on any atom is -0.399 e. The highest BCUT2D eigenvalue weighted by Crippen LogP contribution is 2.08. The maximum absolute atomic E-state index is 5.35. The van der Waals surface area contributed by atoms with Crippen molar-refractivity contribution >= 4 is 9.28 Å². The maximum Gasteiger partial charge on any atom is 0.338 e. The molecule has 0 amide bonds. The summed E-state index contributed by atoms with van der Waals surface area (Å²) in [7, 11) is 6.19. The molecule has 0 fully saturated rings. The van der Waals surface area contributed by atoms with E-state index in [9.17, 15) is 0 Å². The van der Waals surface area contributed by atoms with E-state index in [1.807, 2.05) is 0 Å². The van der Waals surface area contributed by atoms with Crippen LogP contribution < -0.4 is 0 Å². The second kappa shape index (κ2) is 6.60. The molecule has 74 valence electrons. The molecule has 0 radical (unpaired) electrons.